The maximum absolute atomic E-state index is 13.4. The number of fused-ring (bicyclic) bond motifs is 1. The monoisotopic (exact) mass is 379 g/mol. The first-order chi connectivity index (χ1) is 12.6. The zero-order valence-corrected chi connectivity index (χ0v) is 16.0. The van der Waals surface area contributed by atoms with E-state index in [1.807, 2.05) is 31.2 Å². The fraction of sp³-hybridized carbons (Fsp3) is 0.500. The molecular formula is C18H25N3O4S. The number of nitrogens with zero attached hydrogens (tertiary/aromatic N) is 3. The molecule has 1 aromatic heterocycles. The highest BCUT2D eigenvalue weighted by Crippen LogP contribution is 2.38. The van der Waals surface area contributed by atoms with E-state index in [-0.39, 0.29) is 10.9 Å². The number of sulfonamides is 1. The van der Waals surface area contributed by atoms with Crippen molar-refractivity contribution in [3.05, 3.63) is 42.2 Å². The SMILES string of the molecule is CCn1cc(S(=O)(=O)N(CCCOC)C2CCOc3ccccc32)cn1. The van der Waals surface area contributed by atoms with Crippen LogP contribution in [0.1, 0.15) is 31.4 Å². The molecule has 1 unspecified atom stereocenters. The second-order valence-electron chi connectivity index (χ2n) is 6.18. The molecule has 0 saturated heterocycles. The minimum atomic E-state index is -3.67. The Kier molecular flexibility index (Phi) is 5.95. The summed E-state index contributed by atoms with van der Waals surface area (Å²) in [5, 5.41) is 4.13. The van der Waals surface area contributed by atoms with E-state index in [0.29, 0.717) is 39.1 Å². The van der Waals surface area contributed by atoms with Gasteiger partial charge in [-0.05, 0) is 19.4 Å². The highest BCUT2D eigenvalue weighted by molar-refractivity contribution is 7.89. The fourth-order valence-electron chi connectivity index (χ4n) is 3.22. The van der Waals surface area contributed by atoms with Gasteiger partial charge in [-0.3, -0.25) is 4.68 Å². The number of methoxy groups -OCH3 is 1. The minimum absolute atomic E-state index is 0.223. The van der Waals surface area contributed by atoms with Gasteiger partial charge in [-0.2, -0.15) is 9.40 Å². The molecule has 2 aromatic rings. The van der Waals surface area contributed by atoms with Gasteiger partial charge in [0.1, 0.15) is 10.6 Å². The molecule has 0 fully saturated rings. The van der Waals surface area contributed by atoms with Crippen molar-refractivity contribution in [3.8, 4) is 5.75 Å². The number of ether oxygens (including phenoxy) is 2. The van der Waals surface area contributed by atoms with E-state index in [1.165, 1.54) is 6.20 Å². The molecule has 142 valence electrons. The van der Waals surface area contributed by atoms with Gasteiger partial charge in [0.2, 0.25) is 10.0 Å². The standard InChI is InChI=1S/C18H25N3O4S/c1-3-20-14-15(13-19-20)26(22,23)21(10-6-11-24-2)17-9-12-25-18-8-5-4-7-16(17)18/h4-5,7-8,13-14,17H,3,6,9-12H2,1-2H3. The summed E-state index contributed by atoms with van der Waals surface area (Å²) in [6.07, 6.45) is 4.25. The first kappa shape index (κ1) is 18.9. The topological polar surface area (TPSA) is 73.7 Å². The molecule has 0 aliphatic carbocycles. The molecule has 0 bridgehead atoms. The predicted octanol–water partition coefficient (Wildman–Crippen LogP) is 2.45. The summed E-state index contributed by atoms with van der Waals surface area (Å²) in [6, 6.07) is 7.38. The number of benzene rings is 1. The van der Waals surface area contributed by atoms with Crippen molar-refractivity contribution in [1.82, 2.24) is 14.1 Å². The lowest BCUT2D eigenvalue weighted by atomic mass is 10.0. The van der Waals surface area contributed by atoms with Gasteiger partial charge in [-0.15, -0.1) is 0 Å². The summed E-state index contributed by atoms with van der Waals surface area (Å²) < 4.78 is 40.7. The molecule has 1 aliphatic rings. The van der Waals surface area contributed by atoms with Gasteiger partial charge < -0.3 is 9.47 Å². The van der Waals surface area contributed by atoms with E-state index in [4.69, 9.17) is 9.47 Å². The second-order valence-corrected chi connectivity index (χ2v) is 8.08. The third-order valence-corrected chi connectivity index (χ3v) is 6.40. The Balaban J connectivity index is 1.98. The number of aromatic nitrogens is 2. The molecule has 26 heavy (non-hydrogen) atoms. The maximum Gasteiger partial charge on any atom is 0.246 e. The first-order valence-corrected chi connectivity index (χ1v) is 10.3. The normalized spacial score (nSPS) is 17.1. The van der Waals surface area contributed by atoms with E-state index in [2.05, 4.69) is 5.10 Å². The number of hydrogen-bond acceptors (Lipinski definition) is 5. The number of aryl methyl sites for hydroxylation is 1. The van der Waals surface area contributed by atoms with Crippen LogP contribution in [-0.4, -0.2) is 49.4 Å². The lowest BCUT2D eigenvalue weighted by molar-refractivity contribution is 0.168. The largest absolute Gasteiger partial charge is 0.493 e. The summed E-state index contributed by atoms with van der Waals surface area (Å²) in [4.78, 5) is 0.223. The average molecular weight is 379 g/mol. The van der Waals surface area contributed by atoms with Gasteiger partial charge in [0.05, 0.1) is 18.8 Å². The summed E-state index contributed by atoms with van der Waals surface area (Å²) in [6.45, 7) is 3.93. The Morgan fingerprint density at radius 2 is 2.19 bits per heavy atom. The quantitative estimate of drug-likeness (QED) is 0.659. The molecule has 2 heterocycles. The Hall–Kier alpha value is -1.90. The average Bonchev–Trinajstić information content (AvgIpc) is 3.15. The number of para-hydroxylation sites is 1. The highest BCUT2D eigenvalue weighted by atomic mass is 32.2. The molecular weight excluding hydrogens is 354 g/mol. The maximum atomic E-state index is 13.4. The Bertz CT molecular complexity index is 834. The molecule has 0 spiro atoms. The van der Waals surface area contributed by atoms with Crippen LogP contribution < -0.4 is 4.74 Å². The number of hydrogen-bond donors (Lipinski definition) is 0. The highest BCUT2D eigenvalue weighted by Gasteiger charge is 2.36. The van der Waals surface area contributed by atoms with Gasteiger partial charge >= 0.3 is 0 Å². The molecule has 0 N–H and O–H groups in total. The molecule has 8 heteroatoms. The van der Waals surface area contributed by atoms with Crippen molar-refractivity contribution in [2.45, 2.75) is 37.2 Å². The van der Waals surface area contributed by atoms with Gasteiger partial charge in [-0.1, -0.05) is 18.2 Å². The Morgan fingerprint density at radius 3 is 2.92 bits per heavy atom. The molecule has 0 radical (unpaired) electrons. The molecule has 1 atom stereocenters. The molecule has 0 saturated carbocycles. The van der Waals surface area contributed by atoms with Crippen LogP contribution in [-0.2, 0) is 21.3 Å². The molecule has 1 aromatic carbocycles. The van der Waals surface area contributed by atoms with Crippen molar-refractivity contribution >= 4 is 10.0 Å². The van der Waals surface area contributed by atoms with Crippen LogP contribution in [0.4, 0.5) is 0 Å². The van der Waals surface area contributed by atoms with Crippen LogP contribution in [0.5, 0.6) is 5.75 Å². The molecule has 7 nitrogen and oxygen atoms in total. The van der Waals surface area contributed by atoms with Crippen LogP contribution in [0, 0.1) is 0 Å². The zero-order chi connectivity index (χ0) is 18.6. The predicted molar refractivity (Wildman–Crippen MR) is 97.6 cm³/mol. The summed E-state index contributed by atoms with van der Waals surface area (Å²) in [7, 11) is -2.06. The lowest BCUT2D eigenvalue weighted by Crippen LogP contribution is -2.38. The van der Waals surface area contributed by atoms with Crippen LogP contribution >= 0.6 is 0 Å². The van der Waals surface area contributed by atoms with E-state index in [1.54, 1.807) is 22.3 Å². The van der Waals surface area contributed by atoms with Crippen molar-refractivity contribution in [2.75, 3.05) is 26.9 Å². The van der Waals surface area contributed by atoms with Crippen molar-refractivity contribution in [3.63, 3.8) is 0 Å². The van der Waals surface area contributed by atoms with E-state index >= 15 is 0 Å². The Morgan fingerprint density at radius 1 is 1.38 bits per heavy atom. The fourth-order valence-corrected chi connectivity index (χ4v) is 4.85. The smallest absolute Gasteiger partial charge is 0.246 e. The van der Waals surface area contributed by atoms with Gasteiger partial charge in [0.15, 0.2) is 0 Å². The van der Waals surface area contributed by atoms with E-state index in [0.717, 1.165) is 11.3 Å². The van der Waals surface area contributed by atoms with Crippen molar-refractivity contribution < 1.29 is 17.9 Å². The van der Waals surface area contributed by atoms with E-state index < -0.39 is 10.0 Å². The third-order valence-electron chi connectivity index (χ3n) is 4.54. The van der Waals surface area contributed by atoms with Crippen molar-refractivity contribution in [2.24, 2.45) is 0 Å². The summed E-state index contributed by atoms with van der Waals surface area (Å²) >= 11 is 0. The lowest BCUT2D eigenvalue weighted by Gasteiger charge is -2.34. The van der Waals surface area contributed by atoms with Gasteiger partial charge in [-0.25, -0.2) is 8.42 Å². The summed E-state index contributed by atoms with van der Waals surface area (Å²) in [5.41, 5.74) is 0.905. The van der Waals surface area contributed by atoms with Crippen LogP contribution in [0.25, 0.3) is 0 Å². The third kappa shape index (κ3) is 3.77. The van der Waals surface area contributed by atoms with Gasteiger partial charge in [0.25, 0.3) is 0 Å². The molecule has 3 rings (SSSR count). The Labute approximate surface area is 154 Å². The minimum Gasteiger partial charge on any atom is -0.493 e. The van der Waals surface area contributed by atoms with Crippen LogP contribution in [0.2, 0.25) is 0 Å². The van der Waals surface area contributed by atoms with Gasteiger partial charge in [0, 0.05) is 45.0 Å². The van der Waals surface area contributed by atoms with E-state index in [9.17, 15) is 8.42 Å². The molecule has 1 aliphatic heterocycles. The van der Waals surface area contributed by atoms with Crippen molar-refractivity contribution in [1.29, 1.82) is 0 Å². The first-order valence-electron chi connectivity index (χ1n) is 8.83. The summed E-state index contributed by atoms with van der Waals surface area (Å²) in [5.74, 6) is 0.750. The second kappa shape index (κ2) is 8.20. The number of rotatable bonds is 8. The van der Waals surface area contributed by atoms with Crippen LogP contribution in [0.3, 0.4) is 0 Å². The molecule has 0 amide bonds. The zero-order valence-electron chi connectivity index (χ0n) is 15.2. The van der Waals surface area contributed by atoms with Crippen LogP contribution in [0.15, 0.2) is 41.6 Å².